The number of hydrogen-bond acceptors (Lipinski definition) is 2. The summed E-state index contributed by atoms with van der Waals surface area (Å²) in [5, 5.41) is 10.2. The minimum Gasteiger partial charge on any atom is -0.301 e. The Labute approximate surface area is 87.7 Å². The van der Waals surface area contributed by atoms with Gasteiger partial charge < -0.3 is 9.80 Å². The smallest absolute Gasteiger partial charge is 0.0822 e. The molecular weight excluding hydrogens is 176 g/mol. The molecule has 1 heterocycles. The summed E-state index contributed by atoms with van der Waals surface area (Å²) >= 11 is 0. The highest BCUT2D eigenvalue weighted by atomic mass is 16.2. The molecule has 0 aromatic carbocycles. The summed E-state index contributed by atoms with van der Waals surface area (Å²) < 4.78 is 0. The molecule has 0 saturated carbocycles. The van der Waals surface area contributed by atoms with Crippen LogP contribution in [-0.4, -0.2) is 55.7 Å². The van der Waals surface area contributed by atoms with Gasteiger partial charge in [0.2, 0.25) is 0 Å². The largest absolute Gasteiger partial charge is 0.301 e. The minimum absolute atomic E-state index is 0.101. The van der Waals surface area contributed by atoms with Crippen molar-refractivity contribution in [3.8, 4) is 0 Å². The van der Waals surface area contributed by atoms with Gasteiger partial charge in [-0.05, 0) is 32.4 Å². The quantitative estimate of drug-likeness (QED) is 0.601. The van der Waals surface area contributed by atoms with Crippen LogP contribution in [-0.2, 0) is 5.11 Å². The standard InChI is InChI=1S/C11H23N2O/c1-2-12-7-9-13(10-8-12)6-4-3-5-11-14/h2-11H2,1H3. The van der Waals surface area contributed by atoms with Crippen LogP contribution >= 0.6 is 0 Å². The molecule has 0 amide bonds. The van der Waals surface area contributed by atoms with Crippen LogP contribution < -0.4 is 0 Å². The van der Waals surface area contributed by atoms with Crippen LogP contribution in [0.1, 0.15) is 26.2 Å². The molecule has 1 aliphatic rings. The van der Waals surface area contributed by atoms with Crippen molar-refractivity contribution < 1.29 is 5.11 Å². The lowest BCUT2D eigenvalue weighted by Gasteiger charge is -2.33. The molecule has 14 heavy (non-hydrogen) atoms. The van der Waals surface area contributed by atoms with Gasteiger partial charge in [-0.2, -0.15) is 0 Å². The Balaban J connectivity index is 1.98. The van der Waals surface area contributed by atoms with Gasteiger partial charge in [-0.1, -0.05) is 6.92 Å². The molecule has 1 radical (unpaired) electrons. The van der Waals surface area contributed by atoms with Gasteiger partial charge in [0.1, 0.15) is 0 Å². The molecule has 1 rings (SSSR count). The molecule has 1 fully saturated rings. The first-order valence-electron chi connectivity index (χ1n) is 5.89. The van der Waals surface area contributed by atoms with E-state index in [9.17, 15) is 5.11 Å². The fourth-order valence-electron chi connectivity index (χ4n) is 1.94. The molecule has 0 spiro atoms. The second-order valence-electron chi connectivity index (χ2n) is 4.04. The van der Waals surface area contributed by atoms with Crippen LogP contribution in [0.2, 0.25) is 0 Å². The minimum atomic E-state index is 0.101. The molecule has 0 atom stereocenters. The van der Waals surface area contributed by atoms with Crippen molar-refractivity contribution in [3.63, 3.8) is 0 Å². The van der Waals surface area contributed by atoms with E-state index in [4.69, 9.17) is 0 Å². The summed E-state index contributed by atoms with van der Waals surface area (Å²) in [4.78, 5) is 5.02. The molecular formula is C11H23N2O. The fraction of sp³-hybridized carbons (Fsp3) is 1.00. The van der Waals surface area contributed by atoms with E-state index in [-0.39, 0.29) is 6.61 Å². The van der Waals surface area contributed by atoms with Gasteiger partial charge in [-0.25, -0.2) is 5.11 Å². The number of rotatable bonds is 6. The predicted octanol–water partition coefficient (Wildman–Crippen LogP) is 1.22. The van der Waals surface area contributed by atoms with Gasteiger partial charge >= 0.3 is 0 Å². The summed E-state index contributed by atoms with van der Waals surface area (Å²) in [5.74, 6) is 0. The Hall–Kier alpha value is -0.120. The van der Waals surface area contributed by atoms with Crippen molar-refractivity contribution in [3.05, 3.63) is 0 Å². The fourth-order valence-corrected chi connectivity index (χ4v) is 1.94. The summed E-state index contributed by atoms with van der Waals surface area (Å²) in [5.41, 5.74) is 0. The number of nitrogens with zero attached hydrogens (tertiary/aromatic N) is 2. The average molecular weight is 199 g/mol. The van der Waals surface area contributed by atoms with Gasteiger partial charge in [0.05, 0.1) is 6.61 Å². The summed E-state index contributed by atoms with van der Waals surface area (Å²) in [6.07, 6.45) is 3.17. The van der Waals surface area contributed by atoms with Gasteiger partial charge in [0.25, 0.3) is 0 Å². The maximum absolute atomic E-state index is 10.2. The topological polar surface area (TPSA) is 26.4 Å². The molecule has 3 nitrogen and oxygen atoms in total. The van der Waals surface area contributed by atoms with Crippen LogP contribution in [0.4, 0.5) is 0 Å². The van der Waals surface area contributed by atoms with Crippen molar-refractivity contribution in [2.45, 2.75) is 26.2 Å². The summed E-state index contributed by atoms with van der Waals surface area (Å²) in [6.45, 7) is 9.57. The molecule has 0 aromatic heterocycles. The van der Waals surface area contributed by atoms with Crippen molar-refractivity contribution in [1.82, 2.24) is 9.80 Å². The van der Waals surface area contributed by atoms with E-state index in [2.05, 4.69) is 16.7 Å². The Bertz CT molecular complexity index is 133. The Morgan fingerprint density at radius 1 is 0.929 bits per heavy atom. The van der Waals surface area contributed by atoms with Gasteiger partial charge in [-0.15, -0.1) is 0 Å². The zero-order chi connectivity index (χ0) is 10.2. The average Bonchev–Trinajstić information content (AvgIpc) is 2.25. The molecule has 1 aliphatic heterocycles. The number of hydrogen-bond donors (Lipinski definition) is 0. The zero-order valence-corrected chi connectivity index (χ0v) is 9.37. The van der Waals surface area contributed by atoms with Crippen LogP contribution in [0.15, 0.2) is 0 Å². The van der Waals surface area contributed by atoms with E-state index < -0.39 is 0 Å². The lowest BCUT2D eigenvalue weighted by molar-refractivity contribution is 0.133. The van der Waals surface area contributed by atoms with Crippen molar-refractivity contribution in [1.29, 1.82) is 0 Å². The zero-order valence-electron chi connectivity index (χ0n) is 9.37. The molecule has 0 aliphatic carbocycles. The molecule has 3 heteroatoms. The Kier molecular flexibility index (Phi) is 6.15. The van der Waals surface area contributed by atoms with E-state index in [1.54, 1.807) is 0 Å². The second-order valence-corrected chi connectivity index (χ2v) is 4.04. The SMILES string of the molecule is CCN1CCN(CCCCC[O])CC1. The Morgan fingerprint density at radius 2 is 1.57 bits per heavy atom. The highest BCUT2D eigenvalue weighted by molar-refractivity contribution is 4.70. The third kappa shape index (κ3) is 4.40. The maximum Gasteiger partial charge on any atom is 0.0822 e. The van der Waals surface area contributed by atoms with Crippen molar-refractivity contribution in [2.24, 2.45) is 0 Å². The van der Waals surface area contributed by atoms with E-state index in [0.717, 1.165) is 12.8 Å². The summed E-state index contributed by atoms with van der Waals surface area (Å²) in [7, 11) is 0. The third-order valence-electron chi connectivity index (χ3n) is 3.03. The highest BCUT2D eigenvalue weighted by Crippen LogP contribution is 2.03. The monoisotopic (exact) mass is 199 g/mol. The number of unbranched alkanes of at least 4 members (excludes halogenated alkanes) is 2. The van der Waals surface area contributed by atoms with E-state index in [0.29, 0.717) is 0 Å². The number of piperazine rings is 1. The van der Waals surface area contributed by atoms with Gasteiger partial charge in [0, 0.05) is 26.2 Å². The first kappa shape index (κ1) is 12.0. The molecule has 0 aromatic rings. The van der Waals surface area contributed by atoms with Crippen LogP contribution in [0.3, 0.4) is 0 Å². The van der Waals surface area contributed by atoms with Gasteiger partial charge in [-0.3, -0.25) is 0 Å². The van der Waals surface area contributed by atoms with E-state index in [1.165, 1.54) is 45.7 Å². The van der Waals surface area contributed by atoms with Crippen LogP contribution in [0.5, 0.6) is 0 Å². The van der Waals surface area contributed by atoms with E-state index >= 15 is 0 Å². The maximum atomic E-state index is 10.2. The van der Waals surface area contributed by atoms with Gasteiger partial charge in [0.15, 0.2) is 0 Å². The molecule has 83 valence electrons. The third-order valence-corrected chi connectivity index (χ3v) is 3.03. The van der Waals surface area contributed by atoms with Crippen molar-refractivity contribution >= 4 is 0 Å². The number of likely N-dealkylation sites (N-methyl/N-ethyl adjacent to an activating group) is 1. The lowest BCUT2D eigenvalue weighted by Crippen LogP contribution is -2.46. The molecule has 0 N–H and O–H groups in total. The molecule has 0 unspecified atom stereocenters. The molecule has 0 bridgehead atoms. The van der Waals surface area contributed by atoms with Crippen LogP contribution in [0.25, 0.3) is 0 Å². The molecule has 1 saturated heterocycles. The highest BCUT2D eigenvalue weighted by Gasteiger charge is 2.14. The second kappa shape index (κ2) is 7.21. The first-order valence-corrected chi connectivity index (χ1v) is 5.89. The normalized spacial score (nSPS) is 20.1. The predicted molar refractivity (Wildman–Crippen MR) is 58.0 cm³/mol. The Morgan fingerprint density at radius 3 is 2.14 bits per heavy atom. The van der Waals surface area contributed by atoms with Crippen molar-refractivity contribution in [2.75, 3.05) is 45.9 Å². The summed E-state index contributed by atoms with van der Waals surface area (Å²) in [6, 6.07) is 0. The van der Waals surface area contributed by atoms with Crippen LogP contribution in [0, 0.1) is 0 Å². The van der Waals surface area contributed by atoms with E-state index in [1.807, 2.05) is 0 Å². The lowest BCUT2D eigenvalue weighted by atomic mass is 10.2. The first-order chi connectivity index (χ1) is 6.86.